The molecule has 1 saturated heterocycles. The number of halogens is 2. The van der Waals surface area contributed by atoms with Gasteiger partial charge in [0, 0.05) is 30.3 Å². The number of phenolic OH excluding ortho intramolecular Hbond substituents is 1. The molecule has 0 atom stereocenters. The number of amides is 1. The Morgan fingerprint density at radius 2 is 1.71 bits per heavy atom. The zero-order valence-corrected chi connectivity index (χ0v) is 19.3. The molecule has 0 aromatic heterocycles. The Labute approximate surface area is 198 Å². The van der Waals surface area contributed by atoms with Gasteiger partial charge in [-0.15, -0.1) is 0 Å². The van der Waals surface area contributed by atoms with Gasteiger partial charge in [-0.1, -0.05) is 24.3 Å². The number of carbonyl (C=O) groups is 1. The molecule has 1 amide bonds. The standard InChI is InChI=1S/C28H29F2NO3/c1-19-6-9-22(29)16-21(19)8-7-20-12-14-31(15-13-20)28(33)18-34-27-5-3-2-4-25(27)24-11-10-23(30)17-26(24)32/h2-6,9-11,16-17,20,32H,7-8,12-15,18H2,1H3. The number of hydrogen-bond acceptors (Lipinski definition) is 3. The van der Waals surface area contributed by atoms with Crippen LogP contribution in [-0.4, -0.2) is 35.6 Å². The molecule has 3 aromatic rings. The summed E-state index contributed by atoms with van der Waals surface area (Å²) in [5, 5.41) is 10.1. The molecule has 6 heteroatoms. The second-order valence-corrected chi connectivity index (χ2v) is 8.88. The third-order valence-electron chi connectivity index (χ3n) is 6.59. The molecule has 3 aromatic carbocycles. The van der Waals surface area contributed by atoms with Crippen LogP contribution in [0.2, 0.25) is 0 Å². The molecule has 178 valence electrons. The SMILES string of the molecule is Cc1ccc(F)cc1CCC1CCN(C(=O)COc2ccccc2-c2ccc(F)cc2O)CC1. The maximum absolute atomic E-state index is 13.5. The minimum atomic E-state index is -0.524. The first-order chi connectivity index (χ1) is 16.4. The maximum Gasteiger partial charge on any atom is 0.260 e. The van der Waals surface area contributed by atoms with Crippen molar-refractivity contribution in [1.29, 1.82) is 0 Å². The van der Waals surface area contributed by atoms with Gasteiger partial charge in [-0.25, -0.2) is 8.78 Å². The highest BCUT2D eigenvalue weighted by atomic mass is 19.1. The highest BCUT2D eigenvalue weighted by Crippen LogP contribution is 2.36. The lowest BCUT2D eigenvalue weighted by Gasteiger charge is -2.32. The average Bonchev–Trinajstić information content (AvgIpc) is 2.84. The third-order valence-corrected chi connectivity index (χ3v) is 6.59. The Bertz CT molecular complexity index is 1160. The van der Waals surface area contributed by atoms with E-state index in [-0.39, 0.29) is 24.1 Å². The van der Waals surface area contributed by atoms with Crippen molar-refractivity contribution in [3.05, 3.63) is 83.4 Å². The number of aryl methyl sites for hydroxylation is 2. The monoisotopic (exact) mass is 465 g/mol. The molecule has 0 spiro atoms. The topological polar surface area (TPSA) is 49.8 Å². The van der Waals surface area contributed by atoms with E-state index in [0.29, 0.717) is 35.9 Å². The van der Waals surface area contributed by atoms with Crippen LogP contribution in [-0.2, 0) is 11.2 Å². The Morgan fingerprint density at radius 3 is 2.47 bits per heavy atom. The van der Waals surface area contributed by atoms with Gasteiger partial charge in [-0.3, -0.25) is 4.79 Å². The van der Waals surface area contributed by atoms with E-state index in [9.17, 15) is 18.7 Å². The summed E-state index contributed by atoms with van der Waals surface area (Å²) in [7, 11) is 0. The predicted octanol–water partition coefficient (Wildman–Crippen LogP) is 5.90. The highest BCUT2D eigenvalue weighted by Gasteiger charge is 2.23. The average molecular weight is 466 g/mol. The van der Waals surface area contributed by atoms with Crippen molar-refractivity contribution in [1.82, 2.24) is 4.90 Å². The molecular weight excluding hydrogens is 436 g/mol. The summed E-state index contributed by atoms with van der Waals surface area (Å²) in [5.41, 5.74) is 3.20. The third kappa shape index (κ3) is 5.74. The molecule has 0 radical (unpaired) electrons. The summed E-state index contributed by atoms with van der Waals surface area (Å²) in [6, 6.07) is 15.8. The van der Waals surface area contributed by atoms with Crippen LogP contribution in [0.5, 0.6) is 11.5 Å². The second-order valence-electron chi connectivity index (χ2n) is 8.88. The van der Waals surface area contributed by atoms with Crippen molar-refractivity contribution in [2.45, 2.75) is 32.6 Å². The molecule has 4 nitrogen and oxygen atoms in total. The molecule has 1 N–H and O–H groups in total. The van der Waals surface area contributed by atoms with Crippen molar-refractivity contribution in [2.75, 3.05) is 19.7 Å². The fourth-order valence-electron chi connectivity index (χ4n) is 4.52. The molecule has 1 aliphatic heterocycles. The first kappa shape index (κ1) is 23.7. The van der Waals surface area contributed by atoms with Gasteiger partial charge < -0.3 is 14.7 Å². The number of rotatable bonds is 7. The van der Waals surface area contributed by atoms with Crippen molar-refractivity contribution < 1.29 is 23.4 Å². The molecule has 0 aliphatic carbocycles. The van der Waals surface area contributed by atoms with E-state index in [0.717, 1.165) is 42.9 Å². The summed E-state index contributed by atoms with van der Waals surface area (Å²) in [6.45, 7) is 3.25. The fraction of sp³-hybridized carbons (Fsp3) is 0.321. The summed E-state index contributed by atoms with van der Waals surface area (Å²) < 4.78 is 32.7. The number of para-hydroxylation sites is 1. The van der Waals surface area contributed by atoms with E-state index < -0.39 is 5.82 Å². The van der Waals surface area contributed by atoms with Crippen LogP contribution in [0.25, 0.3) is 11.1 Å². The highest BCUT2D eigenvalue weighted by molar-refractivity contribution is 5.79. The van der Waals surface area contributed by atoms with Crippen LogP contribution in [0.15, 0.2) is 60.7 Å². The van der Waals surface area contributed by atoms with Crippen LogP contribution in [0.1, 0.15) is 30.4 Å². The number of hydrogen-bond donors (Lipinski definition) is 1. The van der Waals surface area contributed by atoms with Gasteiger partial charge in [0.05, 0.1) is 0 Å². The molecular formula is C28H29F2NO3. The maximum atomic E-state index is 13.5. The van der Waals surface area contributed by atoms with E-state index in [1.54, 1.807) is 30.3 Å². The molecule has 1 heterocycles. The number of phenols is 1. The Kier molecular flexibility index (Phi) is 7.46. The van der Waals surface area contributed by atoms with E-state index in [4.69, 9.17) is 4.74 Å². The van der Waals surface area contributed by atoms with E-state index in [2.05, 4.69) is 0 Å². The Hall–Kier alpha value is -3.41. The zero-order chi connectivity index (χ0) is 24.1. The summed E-state index contributed by atoms with van der Waals surface area (Å²) >= 11 is 0. The molecule has 0 bridgehead atoms. The second kappa shape index (κ2) is 10.7. The molecule has 0 saturated carbocycles. The van der Waals surface area contributed by atoms with E-state index in [1.165, 1.54) is 18.2 Å². The quantitative estimate of drug-likeness (QED) is 0.473. The number of likely N-dealkylation sites (tertiary alicyclic amines) is 1. The summed E-state index contributed by atoms with van der Waals surface area (Å²) in [5.74, 6) is -0.0233. The summed E-state index contributed by atoms with van der Waals surface area (Å²) in [4.78, 5) is 14.6. The van der Waals surface area contributed by atoms with Crippen LogP contribution in [0.4, 0.5) is 8.78 Å². The van der Waals surface area contributed by atoms with Crippen LogP contribution >= 0.6 is 0 Å². The van der Waals surface area contributed by atoms with Crippen molar-refractivity contribution in [3.8, 4) is 22.6 Å². The minimum Gasteiger partial charge on any atom is -0.507 e. The van der Waals surface area contributed by atoms with Crippen LogP contribution in [0.3, 0.4) is 0 Å². The number of piperidine rings is 1. The lowest BCUT2D eigenvalue weighted by atomic mass is 9.89. The number of aromatic hydroxyl groups is 1. The molecule has 4 rings (SSSR count). The van der Waals surface area contributed by atoms with Gasteiger partial charge in [-0.05, 0) is 80.0 Å². The summed E-state index contributed by atoms with van der Waals surface area (Å²) in [6.07, 6.45) is 3.66. The van der Waals surface area contributed by atoms with Crippen LogP contribution in [0, 0.1) is 24.5 Å². The van der Waals surface area contributed by atoms with E-state index in [1.807, 2.05) is 17.9 Å². The lowest BCUT2D eigenvalue weighted by Crippen LogP contribution is -2.41. The smallest absolute Gasteiger partial charge is 0.260 e. The Balaban J connectivity index is 1.29. The fourth-order valence-corrected chi connectivity index (χ4v) is 4.52. The first-order valence-electron chi connectivity index (χ1n) is 11.6. The zero-order valence-electron chi connectivity index (χ0n) is 19.3. The normalized spacial score (nSPS) is 14.3. The van der Waals surface area contributed by atoms with Crippen molar-refractivity contribution in [3.63, 3.8) is 0 Å². The predicted molar refractivity (Wildman–Crippen MR) is 128 cm³/mol. The number of nitrogens with zero attached hydrogens (tertiary/aromatic N) is 1. The van der Waals surface area contributed by atoms with Crippen LogP contribution < -0.4 is 4.74 Å². The van der Waals surface area contributed by atoms with Gasteiger partial charge in [0.25, 0.3) is 5.91 Å². The van der Waals surface area contributed by atoms with Gasteiger partial charge >= 0.3 is 0 Å². The lowest BCUT2D eigenvalue weighted by molar-refractivity contribution is -0.134. The van der Waals surface area contributed by atoms with E-state index >= 15 is 0 Å². The first-order valence-corrected chi connectivity index (χ1v) is 11.6. The van der Waals surface area contributed by atoms with Crippen molar-refractivity contribution >= 4 is 5.91 Å². The molecule has 34 heavy (non-hydrogen) atoms. The Morgan fingerprint density at radius 1 is 1.00 bits per heavy atom. The van der Waals surface area contributed by atoms with Gasteiger partial charge in [0.1, 0.15) is 23.1 Å². The number of benzene rings is 3. The largest absolute Gasteiger partial charge is 0.507 e. The molecule has 1 aliphatic rings. The molecule has 1 fully saturated rings. The van der Waals surface area contributed by atoms with Gasteiger partial charge in [0.15, 0.2) is 6.61 Å². The van der Waals surface area contributed by atoms with Crippen molar-refractivity contribution in [2.24, 2.45) is 5.92 Å². The number of carbonyl (C=O) groups excluding carboxylic acids is 1. The minimum absolute atomic E-state index is 0.0856. The number of ether oxygens (including phenoxy) is 1. The van der Waals surface area contributed by atoms with Gasteiger partial charge in [0.2, 0.25) is 0 Å². The molecule has 0 unspecified atom stereocenters. The van der Waals surface area contributed by atoms with Gasteiger partial charge in [-0.2, -0.15) is 0 Å².